The monoisotopic (exact) mass is 374 g/mol. The van der Waals surface area contributed by atoms with E-state index in [0.717, 1.165) is 0 Å². The first kappa shape index (κ1) is 19.2. The van der Waals surface area contributed by atoms with E-state index in [1.54, 1.807) is 13.1 Å². The molecule has 0 spiro atoms. The van der Waals surface area contributed by atoms with Crippen LogP contribution in [0.3, 0.4) is 0 Å². The zero-order chi connectivity index (χ0) is 19.2. The van der Waals surface area contributed by atoms with Crippen LogP contribution in [0.1, 0.15) is 10.5 Å². The molecule has 0 saturated carbocycles. The first-order valence-corrected chi connectivity index (χ1v) is 7.42. The van der Waals surface area contributed by atoms with Crippen molar-refractivity contribution in [2.75, 3.05) is 37.4 Å². The Bertz CT molecular complexity index is 749. The Labute approximate surface area is 146 Å². The first-order valence-electron chi connectivity index (χ1n) is 7.42. The van der Waals surface area contributed by atoms with E-state index in [0.29, 0.717) is 5.69 Å². The molecular formula is C13H17F3N8O2. The van der Waals surface area contributed by atoms with Gasteiger partial charge in [0.2, 0.25) is 11.9 Å². The molecule has 13 heteroatoms. The minimum absolute atomic E-state index is 0.0105. The Morgan fingerprint density at radius 1 is 1.23 bits per heavy atom. The maximum absolute atomic E-state index is 12.2. The molecule has 142 valence electrons. The number of halogens is 3. The summed E-state index contributed by atoms with van der Waals surface area (Å²) in [6.07, 6.45) is -3.00. The van der Waals surface area contributed by atoms with Crippen LogP contribution in [0.4, 0.5) is 25.1 Å². The van der Waals surface area contributed by atoms with E-state index in [1.807, 2.05) is 0 Å². The molecule has 2 aromatic rings. The minimum atomic E-state index is -4.50. The number of amides is 1. The summed E-state index contributed by atoms with van der Waals surface area (Å²) in [4.78, 5) is 23.3. The molecule has 1 amide bonds. The fraction of sp³-hybridized carbons (Fsp3) is 0.462. The number of nitrogens with one attached hydrogen (secondary N) is 3. The predicted octanol–water partition coefficient (Wildman–Crippen LogP) is 0.430. The quantitative estimate of drug-likeness (QED) is 0.569. The van der Waals surface area contributed by atoms with Crippen molar-refractivity contribution in [3.63, 3.8) is 0 Å². The summed E-state index contributed by atoms with van der Waals surface area (Å²) in [6, 6.07) is 1.10. The van der Waals surface area contributed by atoms with Crippen LogP contribution in [-0.2, 0) is 7.05 Å². The topological polar surface area (TPSA) is 119 Å². The highest BCUT2D eigenvalue weighted by Crippen LogP contribution is 2.17. The van der Waals surface area contributed by atoms with Gasteiger partial charge in [-0.15, -0.1) is 0 Å². The Morgan fingerprint density at radius 3 is 2.58 bits per heavy atom. The van der Waals surface area contributed by atoms with Crippen LogP contribution in [0.15, 0.2) is 12.3 Å². The zero-order valence-electron chi connectivity index (χ0n) is 14.0. The lowest BCUT2D eigenvalue weighted by atomic mass is 10.4. The van der Waals surface area contributed by atoms with Crippen LogP contribution in [0, 0.1) is 0 Å². The van der Waals surface area contributed by atoms with Crippen molar-refractivity contribution in [2.24, 2.45) is 7.05 Å². The van der Waals surface area contributed by atoms with Gasteiger partial charge in [0.25, 0.3) is 5.91 Å². The molecule has 26 heavy (non-hydrogen) atoms. The number of nitrogens with zero attached hydrogens (tertiary/aromatic N) is 5. The second-order valence-corrected chi connectivity index (χ2v) is 4.94. The summed E-state index contributed by atoms with van der Waals surface area (Å²) in [5, 5.41) is 11.9. The lowest BCUT2D eigenvalue weighted by Crippen LogP contribution is -2.30. The third-order valence-corrected chi connectivity index (χ3v) is 2.95. The number of hydrogen-bond acceptors (Lipinski definition) is 8. The molecule has 0 aliphatic heterocycles. The number of alkyl halides is 3. The predicted molar refractivity (Wildman–Crippen MR) is 85.0 cm³/mol. The molecule has 0 aliphatic carbocycles. The summed E-state index contributed by atoms with van der Waals surface area (Å²) in [7, 11) is 3.14. The van der Waals surface area contributed by atoms with Gasteiger partial charge < -0.3 is 20.7 Å². The Hall–Kier alpha value is -3.12. The highest BCUT2D eigenvalue weighted by atomic mass is 19.4. The van der Waals surface area contributed by atoms with E-state index in [1.165, 1.54) is 17.9 Å². The molecule has 10 nitrogen and oxygen atoms in total. The number of anilines is 2. The van der Waals surface area contributed by atoms with Crippen molar-refractivity contribution < 1.29 is 22.7 Å². The van der Waals surface area contributed by atoms with Gasteiger partial charge in [-0.05, 0) is 6.07 Å². The maximum Gasteiger partial charge on any atom is 0.422 e. The van der Waals surface area contributed by atoms with Gasteiger partial charge in [0.1, 0.15) is 5.69 Å². The SMILES string of the molecule is CNc1nc(NCCNC(=O)c2ccnn2C)nc(OCC(F)(F)F)n1. The highest BCUT2D eigenvalue weighted by Gasteiger charge is 2.29. The van der Waals surface area contributed by atoms with Crippen LogP contribution in [-0.4, -0.2) is 63.6 Å². The van der Waals surface area contributed by atoms with Crippen LogP contribution in [0.25, 0.3) is 0 Å². The van der Waals surface area contributed by atoms with E-state index >= 15 is 0 Å². The largest absolute Gasteiger partial charge is 0.454 e. The third kappa shape index (κ3) is 5.75. The average Bonchev–Trinajstić information content (AvgIpc) is 3.02. The van der Waals surface area contributed by atoms with Crippen LogP contribution >= 0.6 is 0 Å². The molecule has 2 rings (SSSR count). The Kier molecular flexibility index (Phi) is 6.14. The van der Waals surface area contributed by atoms with Gasteiger partial charge in [0.05, 0.1) is 0 Å². The van der Waals surface area contributed by atoms with Crippen LogP contribution in [0.2, 0.25) is 0 Å². The summed E-state index contributed by atoms with van der Waals surface area (Å²) in [6.45, 7) is -1.06. The van der Waals surface area contributed by atoms with Gasteiger partial charge in [0.15, 0.2) is 6.61 Å². The molecule has 0 radical (unpaired) electrons. The summed E-state index contributed by atoms with van der Waals surface area (Å²) in [5.74, 6) is -0.262. The summed E-state index contributed by atoms with van der Waals surface area (Å²) in [5.41, 5.74) is 0.394. The van der Waals surface area contributed by atoms with Gasteiger partial charge in [-0.3, -0.25) is 9.48 Å². The molecule has 0 atom stereocenters. The van der Waals surface area contributed by atoms with Crippen molar-refractivity contribution in [2.45, 2.75) is 6.18 Å². The lowest BCUT2D eigenvalue weighted by molar-refractivity contribution is -0.154. The van der Waals surface area contributed by atoms with Gasteiger partial charge in [-0.2, -0.15) is 33.2 Å². The van der Waals surface area contributed by atoms with Crippen molar-refractivity contribution >= 4 is 17.8 Å². The molecule has 0 fully saturated rings. The summed E-state index contributed by atoms with van der Waals surface area (Å²) >= 11 is 0. The van der Waals surface area contributed by atoms with Crippen molar-refractivity contribution in [3.8, 4) is 6.01 Å². The van der Waals surface area contributed by atoms with E-state index in [2.05, 4.69) is 40.7 Å². The minimum Gasteiger partial charge on any atom is -0.454 e. The molecule has 3 N–H and O–H groups in total. The van der Waals surface area contributed by atoms with Gasteiger partial charge in [-0.25, -0.2) is 0 Å². The molecular weight excluding hydrogens is 357 g/mol. The van der Waals surface area contributed by atoms with Gasteiger partial charge >= 0.3 is 12.2 Å². The van der Waals surface area contributed by atoms with Crippen LogP contribution < -0.4 is 20.7 Å². The second kappa shape index (κ2) is 8.31. The number of aryl methyl sites for hydroxylation is 1. The van der Waals surface area contributed by atoms with E-state index in [9.17, 15) is 18.0 Å². The third-order valence-electron chi connectivity index (χ3n) is 2.95. The van der Waals surface area contributed by atoms with Crippen molar-refractivity contribution in [1.29, 1.82) is 0 Å². The number of carbonyl (C=O) groups is 1. The van der Waals surface area contributed by atoms with Crippen molar-refractivity contribution in [3.05, 3.63) is 18.0 Å². The molecule has 0 bridgehead atoms. The number of hydrogen-bond donors (Lipinski definition) is 3. The van der Waals surface area contributed by atoms with Gasteiger partial charge in [0, 0.05) is 33.4 Å². The molecule has 2 aromatic heterocycles. The fourth-order valence-electron chi connectivity index (χ4n) is 1.80. The van der Waals surface area contributed by atoms with E-state index in [-0.39, 0.29) is 30.9 Å². The molecule has 0 unspecified atom stereocenters. The second-order valence-electron chi connectivity index (χ2n) is 4.94. The number of rotatable bonds is 8. The van der Waals surface area contributed by atoms with Crippen molar-refractivity contribution in [1.82, 2.24) is 30.0 Å². The standard InChI is InChI=1S/C13H17F3N8O2/c1-17-10-21-11(23-12(22-10)26-7-13(14,15)16)19-6-5-18-9(25)8-3-4-20-24(8)2/h3-4H,5-7H2,1-2H3,(H,18,25)(H2,17,19,21,22,23). The van der Waals surface area contributed by atoms with E-state index in [4.69, 9.17) is 0 Å². The fourth-order valence-corrected chi connectivity index (χ4v) is 1.80. The number of aromatic nitrogens is 5. The Balaban J connectivity index is 1.88. The molecule has 0 aliphatic rings. The number of carbonyl (C=O) groups excluding carboxylic acids is 1. The van der Waals surface area contributed by atoms with Gasteiger partial charge in [-0.1, -0.05) is 0 Å². The first-order chi connectivity index (χ1) is 12.3. The summed E-state index contributed by atoms with van der Waals surface area (Å²) < 4.78 is 42.6. The zero-order valence-corrected chi connectivity index (χ0v) is 14.0. The lowest BCUT2D eigenvalue weighted by Gasteiger charge is -2.11. The Morgan fingerprint density at radius 2 is 1.96 bits per heavy atom. The maximum atomic E-state index is 12.2. The average molecular weight is 374 g/mol. The molecule has 0 saturated heterocycles. The smallest absolute Gasteiger partial charge is 0.422 e. The van der Waals surface area contributed by atoms with E-state index < -0.39 is 18.8 Å². The highest BCUT2D eigenvalue weighted by molar-refractivity contribution is 5.92. The van der Waals surface area contributed by atoms with Crippen LogP contribution in [0.5, 0.6) is 6.01 Å². The molecule has 2 heterocycles. The number of ether oxygens (including phenoxy) is 1. The molecule has 0 aromatic carbocycles. The normalized spacial score (nSPS) is 11.1.